The predicted molar refractivity (Wildman–Crippen MR) is 164 cm³/mol. The average Bonchev–Trinajstić information content (AvgIpc) is 3.25. The smallest absolute Gasteiger partial charge is 0.166 e. The Bertz CT molecular complexity index is 1550. The van der Waals surface area contributed by atoms with Gasteiger partial charge in [0.05, 0.1) is 5.56 Å². The SMILES string of the molecule is CC(C)(C)c1ccc(F)c(-c2nnc3n2CCC(CC(C)(C)c2ccnc(N4CCCc5ccccc54)c2)CC3)c1. The van der Waals surface area contributed by atoms with Crippen molar-refractivity contribution in [2.75, 3.05) is 11.4 Å². The highest BCUT2D eigenvalue weighted by Crippen LogP contribution is 2.39. The van der Waals surface area contributed by atoms with Gasteiger partial charge < -0.3 is 9.47 Å². The molecule has 0 fully saturated rings. The molecule has 0 saturated heterocycles. The second-order valence-electron chi connectivity index (χ2n) is 13.6. The lowest BCUT2D eigenvalue weighted by Crippen LogP contribution is -2.27. The first-order valence-electron chi connectivity index (χ1n) is 15.1. The summed E-state index contributed by atoms with van der Waals surface area (Å²) in [5.74, 6) is 2.97. The first-order chi connectivity index (χ1) is 19.6. The molecule has 0 N–H and O–H groups in total. The molecule has 2 aromatic heterocycles. The lowest BCUT2D eigenvalue weighted by Gasteiger charge is -2.33. The van der Waals surface area contributed by atoms with Crippen LogP contribution in [0.4, 0.5) is 15.9 Å². The fraction of sp³-hybridized carbons (Fsp3) is 0.457. The lowest BCUT2D eigenvalue weighted by molar-refractivity contribution is 0.324. The van der Waals surface area contributed by atoms with Crippen LogP contribution in [-0.2, 0) is 30.2 Å². The maximum atomic E-state index is 15.0. The fourth-order valence-corrected chi connectivity index (χ4v) is 6.71. The van der Waals surface area contributed by atoms with Crippen molar-refractivity contribution >= 4 is 11.5 Å². The molecule has 1 atom stereocenters. The van der Waals surface area contributed by atoms with Gasteiger partial charge in [-0.25, -0.2) is 9.37 Å². The Morgan fingerprint density at radius 3 is 2.54 bits per heavy atom. The topological polar surface area (TPSA) is 46.8 Å². The summed E-state index contributed by atoms with van der Waals surface area (Å²) >= 11 is 0. The summed E-state index contributed by atoms with van der Waals surface area (Å²) in [6.07, 6.45) is 8.27. The van der Waals surface area contributed by atoms with Gasteiger partial charge in [-0.1, -0.05) is 58.9 Å². The molecule has 6 rings (SSSR count). The Morgan fingerprint density at radius 2 is 1.71 bits per heavy atom. The van der Waals surface area contributed by atoms with Crippen molar-refractivity contribution in [2.45, 2.75) is 90.5 Å². The molecule has 0 radical (unpaired) electrons. The molecule has 0 aliphatic carbocycles. The van der Waals surface area contributed by atoms with Crippen molar-refractivity contribution in [1.82, 2.24) is 19.7 Å². The Labute approximate surface area is 243 Å². The van der Waals surface area contributed by atoms with E-state index in [1.807, 2.05) is 18.3 Å². The van der Waals surface area contributed by atoms with Gasteiger partial charge in [0.1, 0.15) is 17.5 Å². The lowest BCUT2D eigenvalue weighted by atomic mass is 9.75. The minimum absolute atomic E-state index is 0.00166. The van der Waals surface area contributed by atoms with Gasteiger partial charge in [0, 0.05) is 31.4 Å². The molecule has 2 aromatic carbocycles. The minimum Gasteiger partial charge on any atom is -0.326 e. The number of rotatable bonds is 5. The van der Waals surface area contributed by atoms with Crippen molar-refractivity contribution < 1.29 is 4.39 Å². The molecule has 6 heteroatoms. The van der Waals surface area contributed by atoms with Gasteiger partial charge in [-0.15, -0.1) is 10.2 Å². The number of aromatic nitrogens is 4. The van der Waals surface area contributed by atoms with E-state index in [9.17, 15) is 0 Å². The Balaban J connectivity index is 1.20. The first kappa shape index (κ1) is 27.6. The zero-order valence-electron chi connectivity index (χ0n) is 25.1. The van der Waals surface area contributed by atoms with E-state index < -0.39 is 0 Å². The van der Waals surface area contributed by atoms with E-state index in [0.29, 0.717) is 17.3 Å². The second kappa shape index (κ2) is 10.7. The molecule has 1 unspecified atom stereocenters. The van der Waals surface area contributed by atoms with Crippen LogP contribution in [0.2, 0.25) is 0 Å². The molecule has 0 spiro atoms. The molecule has 0 amide bonds. The molecule has 0 saturated carbocycles. The van der Waals surface area contributed by atoms with Crippen LogP contribution in [-0.4, -0.2) is 26.3 Å². The highest BCUT2D eigenvalue weighted by molar-refractivity contribution is 5.66. The Hall–Kier alpha value is -3.54. The van der Waals surface area contributed by atoms with Gasteiger partial charge >= 0.3 is 0 Å². The average molecular weight is 552 g/mol. The van der Waals surface area contributed by atoms with Crippen LogP contribution in [0, 0.1) is 11.7 Å². The number of halogens is 1. The highest BCUT2D eigenvalue weighted by atomic mass is 19.1. The summed E-state index contributed by atoms with van der Waals surface area (Å²) in [6.45, 7) is 13.0. The summed E-state index contributed by atoms with van der Waals surface area (Å²) in [6, 6.07) is 18.6. The number of hydrogen-bond donors (Lipinski definition) is 0. The third-order valence-electron chi connectivity index (χ3n) is 9.15. The molecule has 214 valence electrons. The number of nitrogens with zero attached hydrogens (tertiary/aromatic N) is 5. The number of benzene rings is 2. The molecule has 4 aromatic rings. The van der Waals surface area contributed by atoms with Crippen molar-refractivity contribution in [1.29, 1.82) is 0 Å². The number of anilines is 2. The molecular weight excluding hydrogens is 509 g/mol. The maximum absolute atomic E-state index is 15.0. The van der Waals surface area contributed by atoms with Crippen molar-refractivity contribution in [3.63, 3.8) is 0 Å². The number of para-hydroxylation sites is 1. The maximum Gasteiger partial charge on any atom is 0.166 e. The summed E-state index contributed by atoms with van der Waals surface area (Å²) in [7, 11) is 0. The normalized spacial score (nSPS) is 17.6. The number of aryl methyl sites for hydroxylation is 2. The molecule has 0 bridgehead atoms. The summed E-state index contributed by atoms with van der Waals surface area (Å²) in [5, 5.41) is 9.00. The molecule has 2 aliphatic rings. The minimum atomic E-state index is -0.236. The van der Waals surface area contributed by atoms with Gasteiger partial charge in [0.15, 0.2) is 5.82 Å². The van der Waals surface area contributed by atoms with Crippen LogP contribution in [0.15, 0.2) is 60.8 Å². The van der Waals surface area contributed by atoms with Gasteiger partial charge in [-0.2, -0.15) is 0 Å². The van der Waals surface area contributed by atoms with E-state index in [4.69, 9.17) is 4.98 Å². The summed E-state index contributed by atoms with van der Waals surface area (Å²) in [5.41, 5.74) is 5.61. The molecule has 41 heavy (non-hydrogen) atoms. The molecule has 5 nitrogen and oxygen atoms in total. The highest BCUT2D eigenvalue weighted by Gasteiger charge is 2.30. The largest absolute Gasteiger partial charge is 0.326 e. The molecule has 2 aliphatic heterocycles. The molecule has 4 heterocycles. The summed E-state index contributed by atoms with van der Waals surface area (Å²) < 4.78 is 17.2. The van der Waals surface area contributed by atoms with Crippen molar-refractivity contribution in [2.24, 2.45) is 5.92 Å². The third-order valence-corrected chi connectivity index (χ3v) is 9.15. The van der Waals surface area contributed by atoms with Crippen LogP contribution < -0.4 is 4.90 Å². The van der Waals surface area contributed by atoms with Crippen LogP contribution in [0.5, 0.6) is 0 Å². The fourth-order valence-electron chi connectivity index (χ4n) is 6.71. The number of fused-ring (bicyclic) bond motifs is 2. The van der Waals surface area contributed by atoms with Gasteiger partial charge in [0.2, 0.25) is 0 Å². The van der Waals surface area contributed by atoms with Crippen molar-refractivity contribution in [3.8, 4) is 11.4 Å². The van der Waals surface area contributed by atoms with E-state index in [2.05, 4.69) is 90.7 Å². The van der Waals surface area contributed by atoms with Crippen LogP contribution >= 0.6 is 0 Å². The van der Waals surface area contributed by atoms with Crippen LogP contribution in [0.1, 0.15) is 82.8 Å². The number of pyridine rings is 1. The van der Waals surface area contributed by atoms with E-state index >= 15 is 4.39 Å². The van der Waals surface area contributed by atoms with E-state index in [-0.39, 0.29) is 16.6 Å². The van der Waals surface area contributed by atoms with Gasteiger partial charge in [-0.3, -0.25) is 0 Å². The van der Waals surface area contributed by atoms with Crippen molar-refractivity contribution in [3.05, 3.63) is 89.1 Å². The van der Waals surface area contributed by atoms with Gasteiger partial charge in [-0.05, 0) is 95.9 Å². The second-order valence-corrected chi connectivity index (χ2v) is 13.6. The Morgan fingerprint density at radius 1 is 0.878 bits per heavy atom. The summed E-state index contributed by atoms with van der Waals surface area (Å²) in [4.78, 5) is 7.18. The number of hydrogen-bond acceptors (Lipinski definition) is 4. The monoisotopic (exact) mass is 551 g/mol. The Kier molecular flexibility index (Phi) is 7.21. The van der Waals surface area contributed by atoms with Gasteiger partial charge in [0.25, 0.3) is 0 Å². The van der Waals surface area contributed by atoms with E-state index in [1.165, 1.54) is 16.8 Å². The third kappa shape index (κ3) is 5.53. The van der Waals surface area contributed by atoms with Crippen LogP contribution in [0.25, 0.3) is 11.4 Å². The predicted octanol–water partition coefficient (Wildman–Crippen LogP) is 8.18. The van der Waals surface area contributed by atoms with E-state index in [0.717, 1.165) is 68.8 Å². The quantitative estimate of drug-likeness (QED) is 0.251. The first-order valence-corrected chi connectivity index (χ1v) is 15.1. The van der Waals surface area contributed by atoms with Crippen LogP contribution in [0.3, 0.4) is 0 Å². The standard InChI is InChI=1S/C35H42FN5/c1-34(2,3)26-13-14-29(36)28(21-26)33-39-38-31-15-12-24(17-20-41(31)33)23-35(4,5)27-16-18-37-32(22-27)40-19-8-10-25-9-6-7-11-30(25)40/h6-7,9,11,13-14,16,18,21-22,24H,8,10,12,15,17,19-20,23H2,1-5H3. The zero-order chi connectivity index (χ0) is 28.8. The molecular formula is C35H42FN5. The van der Waals surface area contributed by atoms with E-state index in [1.54, 1.807) is 6.07 Å². The zero-order valence-corrected chi connectivity index (χ0v) is 25.1.